The summed E-state index contributed by atoms with van der Waals surface area (Å²) >= 11 is 0. The molecule has 0 radical (unpaired) electrons. The van der Waals surface area contributed by atoms with Crippen LogP contribution in [-0.2, 0) is 22.4 Å². The van der Waals surface area contributed by atoms with E-state index in [9.17, 15) is 14.4 Å². The van der Waals surface area contributed by atoms with E-state index in [4.69, 9.17) is 0 Å². The summed E-state index contributed by atoms with van der Waals surface area (Å²) in [6, 6.07) is 12.1. The lowest BCUT2D eigenvalue weighted by Gasteiger charge is -2.37. The summed E-state index contributed by atoms with van der Waals surface area (Å²) in [5, 5.41) is 2.29. The van der Waals surface area contributed by atoms with E-state index in [0.717, 1.165) is 49.2 Å². The van der Waals surface area contributed by atoms with E-state index in [1.165, 1.54) is 16.8 Å². The molecule has 6 nitrogen and oxygen atoms in total. The predicted molar refractivity (Wildman–Crippen MR) is 111 cm³/mol. The van der Waals surface area contributed by atoms with Gasteiger partial charge in [0.1, 0.15) is 5.57 Å². The molecule has 0 bridgehead atoms. The third kappa shape index (κ3) is 3.01. The zero-order valence-electron chi connectivity index (χ0n) is 16.0. The van der Waals surface area contributed by atoms with Gasteiger partial charge in [-0.05, 0) is 72.7 Å². The Morgan fingerprint density at radius 3 is 2.21 bits per heavy atom. The van der Waals surface area contributed by atoms with Crippen molar-refractivity contribution in [2.45, 2.75) is 25.7 Å². The Bertz CT molecular complexity index is 1030. The third-order valence-electron chi connectivity index (χ3n) is 5.78. The molecule has 146 valence electrons. The van der Waals surface area contributed by atoms with Crippen LogP contribution in [0.15, 0.2) is 48.0 Å². The van der Waals surface area contributed by atoms with Crippen LogP contribution in [0.5, 0.6) is 0 Å². The first kappa shape index (κ1) is 17.7. The average molecular weight is 387 g/mol. The Balaban J connectivity index is 1.55. The Hall–Kier alpha value is -3.41. The largest absolute Gasteiger partial charge is 0.371 e. The van der Waals surface area contributed by atoms with Crippen LogP contribution in [0.4, 0.5) is 16.2 Å². The van der Waals surface area contributed by atoms with Crippen molar-refractivity contribution in [2.75, 3.05) is 22.9 Å². The Morgan fingerprint density at radius 2 is 1.55 bits per heavy atom. The highest BCUT2D eigenvalue weighted by atomic mass is 16.2. The van der Waals surface area contributed by atoms with Crippen molar-refractivity contribution in [3.8, 4) is 0 Å². The summed E-state index contributed by atoms with van der Waals surface area (Å²) in [5.41, 5.74) is 5.14. The highest BCUT2D eigenvalue weighted by molar-refractivity contribution is 6.39. The van der Waals surface area contributed by atoms with Crippen LogP contribution in [0.25, 0.3) is 6.08 Å². The van der Waals surface area contributed by atoms with Crippen LogP contribution in [0, 0.1) is 0 Å². The summed E-state index contributed by atoms with van der Waals surface area (Å²) < 4.78 is 0. The highest BCUT2D eigenvalue weighted by Crippen LogP contribution is 2.36. The van der Waals surface area contributed by atoms with E-state index in [1.54, 1.807) is 36.4 Å². The molecule has 5 rings (SSSR count). The third-order valence-corrected chi connectivity index (χ3v) is 5.78. The molecule has 1 N–H and O–H groups in total. The fourth-order valence-corrected chi connectivity index (χ4v) is 4.55. The number of hydrogen-bond acceptors (Lipinski definition) is 4. The number of barbiturate groups is 1. The van der Waals surface area contributed by atoms with Gasteiger partial charge in [0.05, 0.1) is 5.69 Å². The number of nitrogens with one attached hydrogen (secondary N) is 1. The number of urea groups is 1. The Kier molecular flexibility index (Phi) is 4.19. The van der Waals surface area contributed by atoms with Crippen molar-refractivity contribution >= 4 is 35.3 Å². The molecule has 3 aliphatic heterocycles. The van der Waals surface area contributed by atoms with E-state index in [2.05, 4.69) is 22.3 Å². The molecule has 3 heterocycles. The van der Waals surface area contributed by atoms with E-state index >= 15 is 0 Å². The standard InChI is InChI=1S/C23H21N3O3/c27-21-19(22(28)26(23(29)24-21)18-8-2-1-3-9-18)14-15-12-16-6-4-10-25-11-5-7-17(13-15)20(16)25/h1-3,8-9,12-14H,4-7,10-11H2,(H,24,27,29)/b19-14-. The van der Waals surface area contributed by atoms with Gasteiger partial charge in [-0.3, -0.25) is 14.9 Å². The molecule has 4 amide bonds. The van der Waals surface area contributed by atoms with Gasteiger partial charge in [-0.25, -0.2) is 9.69 Å². The molecule has 1 fully saturated rings. The number of aryl methyl sites for hydroxylation is 2. The number of anilines is 2. The fraction of sp³-hybridized carbons (Fsp3) is 0.261. The molecule has 3 aliphatic rings. The zero-order chi connectivity index (χ0) is 20.0. The lowest BCUT2D eigenvalue weighted by Crippen LogP contribution is -2.54. The smallest absolute Gasteiger partial charge is 0.335 e. The number of para-hydroxylation sites is 1. The Labute approximate surface area is 168 Å². The maximum absolute atomic E-state index is 13.0. The minimum absolute atomic E-state index is 0.0240. The number of nitrogens with zero attached hydrogens (tertiary/aromatic N) is 2. The molecular formula is C23H21N3O3. The predicted octanol–water partition coefficient (Wildman–Crippen LogP) is 3.05. The minimum Gasteiger partial charge on any atom is -0.371 e. The molecule has 0 unspecified atom stereocenters. The van der Waals surface area contributed by atoms with Crippen molar-refractivity contribution in [3.05, 3.63) is 64.7 Å². The molecule has 1 saturated heterocycles. The van der Waals surface area contributed by atoms with E-state index in [1.807, 2.05) is 0 Å². The van der Waals surface area contributed by atoms with E-state index in [-0.39, 0.29) is 5.57 Å². The van der Waals surface area contributed by atoms with Gasteiger partial charge in [0.25, 0.3) is 11.8 Å². The quantitative estimate of drug-likeness (QED) is 0.635. The average Bonchev–Trinajstić information content (AvgIpc) is 2.72. The van der Waals surface area contributed by atoms with Crippen LogP contribution in [0.3, 0.4) is 0 Å². The van der Waals surface area contributed by atoms with Crippen molar-refractivity contribution in [2.24, 2.45) is 0 Å². The zero-order valence-corrected chi connectivity index (χ0v) is 16.0. The molecule has 0 spiro atoms. The summed E-state index contributed by atoms with van der Waals surface area (Å²) in [7, 11) is 0. The summed E-state index contributed by atoms with van der Waals surface area (Å²) in [5.74, 6) is -1.25. The summed E-state index contributed by atoms with van der Waals surface area (Å²) in [6.07, 6.45) is 5.85. The van der Waals surface area contributed by atoms with Gasteiger partial charge in [-0.1, -0.05) is 18.2 Å². The summed E-state index contributed by atoms with van der Waals surface area (Å²) in [4.78, 5) is 41.2. The van der Waals surface area contributed by atoms with E-state index < -0.39 is 17.8 Å². The van der Waals surface area contributed by atoms with Gasteiger partial charge < -0.3 is 4.90 Å². The number of carbonyl (C=O) groups is 3. The fourth-order valence-electron chi connectivity index (χ4n) is 4.55. The number of hydrogen-bond donors (Lipinski definition) is 1. The topological polar surface area (TPSA) is 69.7 Å². The molecule has 0 aromatic heterocycles. The second-order valence-corrected chi connectivity index (χ2v) is 7.68. The maximum Gasteiger partial charge on any atom is 0.335 e. The van der Waals surface area contributed by atoms with Crippen molar-refractivity contribution in [1.29, 1.82) is 0 Å². The van der Waals surface area contributed by atoms with Crippen LogP contribution in [-0.4, -0.2) is 30.9 Å². The van der Waals surface area contributed by atoms with Gasteiger partial charge in [0, 0.05) is 18.8 Å². The maximum atomic E-state index is 13.0. The van der Waals surface area contributed by atoms with Crippen molar-refractivity contribution in [1.82, 2.24) is 5.32 Å². The molecular weight excluding hydrogens is 366 g/mol. The number of carbonyl (C=O) groups excluding carboxylic acids is 3. The first-order valence-corrected chi connectivity index (χ1v) is 9.99. The van der Waals surface area contributed by atoms with Crippen molar-refractivity contribution in [3.63, 3.8) is 0 Å². The number of benzene rings is 2. The van der Waals surface area contributed by atoms with E-state index in [0.29, 0.717) is 5.69 Å². The number of imide groups is 2. The van der Waals surface area contributed by atoms with Crippen LogP contribution in [0.1, 0.15) is 29.5 Å². The SMILES string of the molecule is O=C1NC(=O)N(c2ccccc2)C(=O)/C1=C\c1cc2c3c(c1)CCCN3CCC2. The molecule has 0 saturated carbocycles. The molecule has 0 aliphatic carbocycles. The lowest BCUT2D eigenvalue weighted by atomic mass is 9.89. The van der Waals surface area contributed by atoms with Gasteiger partial charge >= 0.3 is 6.03 Å². The second kappa shape index (κ2) is 6.88. The lowest BCUT2D eigenvalue weighted by molar-refractivity contribution is -0.122. The van der Waals surface area contributed by atoms with Crippen LogP contribution in [0.2, 0.25) is 0 Å². The summed E-state index contributed by atoms with van der Waals surface area (Å²) in [6.45, 7) is 2.19. The van der Waals surface area contributed by atoms with Gasteiger partial charge in [-0.15, -0.1) is 0 Å². The number of rotatable bonds is 2. The molecule has 6 heteroatoms. The Morgan fingerprint density at radius 1 is 0.897 bits per heavy atom. The highest BCUT2D eigenvalue weighted by Gasteiger charge is 2.37. The first-order chi connectivity index (χ1) is 14.1. The van der Waals surface area contributed by atoms with Gasteiger partial charge in [0.15, 0.2) is 0 Å². The van der Waals surface area contributed by atoms with Crippen molar-refractivity contribution < 1.29 is 14.4 Å². The van der Waals surface area contributed by atoms with Crippen LogP contribution >= 0.6 is 0 Å². The van der Waals surface area contributed by atoms with Gasteiger partial charge in [0.2, 0.25) is 0 Å². The minimum atomic E-state index is -0.723. The molecule has 2 aromatic rings. The first-order valence-electron chi connectivity index (χ1n) is 9.99. The molecule has 29 heavy (non-hydrogen) atoms. The normalized spacial score (nSPS) is 20.0. The van der Waals surface area contributed by atoms with Gasteiger partial charge in [-0.2, -0.15) is 0 Å². The molecule has 0 atom stereocenters. The van der Waals surface area contributed by atoms with Crippen LogP contribution < -0.4 is 15.1 Å². The second-order valence-electron chi connectivity index (χ2n) is 7.68. The monoisotopic (exact) mass is 387 g/mol. The number of amides is 4. The molecule has 2 aromatic carbocycles.